The summed E-state index contributed by atoms with van der Waals surface area (Å²) in [6.45, 7) is 6.29. The lowest BCUT2D eigenvalue weighted by Gasteiger charge is -2.32. The maximum atomic E-state index is 10.6. The highest BCUT2D eigenvalue weighted by Gasteiger charge is 2.24. The molecule has 15 heavy (non-hydrogen) atoms. The van der Waals surface area contributed by atoms with E-state index in [1.54, 1.807) is 6.92 Å². The minimum absolute atomic E-state index is 0.487. The molecule has 0 aromatic carbocycles. The molecular weight excluding hydrogens is 188 g/mol. The summed E-state index contributed by atoms with van der Waals surface area (Å²) in [5.41, 5.74) is 0.487. The van der Waals surface area contributed by atoms with Crippen LogP contribution in [0.2, 0.25) is 0 Å². The molecule has 0 aliphatic heterocycles. The van der Waals surface area contributed by atoms with E-state index in [4.69, 9.17) is 5.11 Å². The number of carbonyl (C=O) groups is 1. The van der Waals surface area contributed by atoms with Crippen LogP contribution in [0.1, 0.15) is 46.5 Å². The third kappa shape index (κ3) is 3.69. The van der Waals surface area contributed by atoms with Crippen molar-refractivity contribution in [2.75, 3.05) is 0 Å². The van der Waals surface area contributed by atoms with Crippen molar-refractivity contribution >= 4 is 5.97 Å². The number of rotatable bonds is 3. The smallest absolute Gasteiger partial charge is 0.330 e. The van der Waals surface area contributed by atoms with Gasteiger partial charge in [0.15, 0.2) is 0 Å². The quantitative estimate of drug-likeness (QED) is 0.724. The summed E-state index contributed by atoms with van der Waals surface area (Å²) in [4.78, 5) is 10.6. The predicted molar refractivity (Wildman–Crippen MR) is 61.7 cm³/mol. The normalized spacial score (nSPS) is 32.7. The Balaban J connectivity index is 2.45. The Bertz CT molecular complexity index is 255. The topological polar surface area (TPSA) is 37.3 Å². The van der Waals surface area contributed by atoms with Gasteiger partial charge >= 0.3 is 5.97 Å². The molecule has 1 aliphatic rings. The summed E-state index contributed by atoms with van der Waals surface area (Å²) in [7, 11) is 0. The van der Waals surface area contributed by atoms with Gasteiger partial charge in [-0.2, -0.15) is 0 Å². The summed E-state index contributed by atoms with van der Waals surface area (Å²) >= 11 is 0. The number of aliphatic carboxylic acids is 1. The zero-order valence-corrected chi connectivity index (χ0v) is 9.99. The molecule has 86 valence electrons. The van der Waals surface area contributed by atoms with Crippen LogP contribution in [0.25, 0.3) is 0 Å². The molecule has 0 spiro atoms. The molecule has 0 aromatic heterocycles. The molecule has 1 N–H and O–H groups in total. The SMILES string of the molecule is CC(=CCC1CCC(C)CC1C)C(=O)O. The number of carboxylic acids is 1. The molecule has 0 saturated heterocycles. The van der Waals surface area contributed by atoms with Crippen molar-refractivity contribution in [3.8, 4) is 0 Å². The Morgan fingerprint density at radius 3 is 2.60 bits per heavy atom. The molecular formula is C13H22O2. The van der Waals surface area contributed by atoms with E-state index in [0.717, 1.165) is 18.3 Å². The van der Waals surface area contributed by atoms with Crippen LogP contribution in [0.3, 0.4) is 0 Å². The fourth-order valence-corrected chi connectivity index (χ4v) is 2.49. The minimum atomic E-state index is -0.785. The first-order valence-electron chi connectivity index (χ1n) is 5.90. The van der Waals surface area contributed by atoms with Gasteiger partial charge in [-0.25, -0.2) is 4.79 Å². The van der Waals surface area contributed by atoms with Gasteiger partial charge in [-0.3, -0.25) is 0 Å². The van der Waals surface area contributed by atoms with Crippen molar-refractivity contribution < 1.29 is 9.90 Å². The Hall–Kier alpha value is -0.790. The van der Waals surface area contributed by atoms with Crippen molar-refractivity contribution in [2.24, 2.45) is 17.8 Å². The van der Waals surface area contributed by atoms with Gasteiger partial charge in [0.2, 0.25) is 0 Å². The van der Waals surface area contributed by atoms with Crippen LogP contribution >= 0.6 is 0 Å². The first-order chi connectivity index (χ1) is 7.00. The maximum Gasteiger partial charge on any atom is 0.330 e. The van der Waals surface area contributed by atoms with E-state index in [9.17, 15) is 4.79 Å². The molecule has 1 aliphatic carbocycles. The summed E-state index contributed by atoms with van der Waals surface area (Å²) in [5.74, 6) is 1.50. The first-order valence-corrected chi connectivity index (χ1v) is 5.90. The predicted octanol–water partition coefficient (Wildman–Crippen LogP) is 3.48. The second-order valence-electron chi connectivity index (χ2n) is 5.08. The standard InChI is InChI=1S/C13H22O2/c1-9-4-6-12(11(3)8-9)7-5-10(2)13(14)15/h5,9,11-12H,4,6-8H2,1-3H3,(H,14,15). The van der Waals surface area contributed by atoms with Crippen LogP contribution < -0.4 is 0 Å². The number of allylic oxidation sites excluding steroid dienone is 1. The molecule has 0 amide bonds. The number of hydrogen-bond donors (Lipinski definition) is 1. The van der Waals surface area contributed by atoms with E-state index in [2.05, 4.69) is 13.8 Å². The van der Waals surface area contributed by atoms with Gasteiger partial charge in [0.05, 0.1) is 0 Å². The lowest BCUT2D eigenvalue weighted by atomic mass is 9.74. The minimum Gasteiger partial charge on any atom is -0.478 e. The highest BCUT2D eigenvalue weighted by Crippen LogP contribution is 2.35. The molecule has 3 unspecified atom stereocenters. The van der Waals surface area contributed by atoms with Gasteiger partial charge < -0.3 is 5.11 Å². The molecule has 0 bridgehead atoms. The monoisotopic (exact) mass is 210 g/mol. The molecule has 0 aromatic rings. The second kappa shape index (κ2) is 5.34. The molecule has 2 nitrogen and oxygen atoms in total. The van der Waals surface area contributed by atoms with E-state index >= 15 is 0 Å². The highest BCUT2D eigenvalue weighted by atomic mass is 16.4. The fourth-order valence-electron chi connectivity index (χ4n) is 2.49. The largest absolute Gasteiger partial charge is 0.478 e. The van der Waals surface area contributed by atoms with Gasteiger partial charge in [-0.1, -0.05) is 26.3 Å². The second-order valence-corrected chi connectivity index (χ2v) is 5.08. The van der Waals surface area contributed by atoms with Crippen LogP contribution in [0.4, 0.5) is 0 Å². The van der Waals surface area contributed by atoms with E-state index in [-0.39, 0.29) is 0 Å². The van der Waals surface area contributed by atoms with E-state index in [0.29, 0.717) is 11.5 Å². The molecule has 1 fully saturated rings. The van der Waals surface area contributed by atoms with Crippen LogP contribution in [-0.4, -0.2) is 11.1 Å². The van der Waals surface area contributed by atoms with Crippen molar-refractivity contribution in [3.63, 3.8) is 0 Å². The average molecular weight is 210 g/mol. The number of hydrogen-bond acceptors (Lipinski definition) is 1. The molecule has 0 radical (unpaired) electrons. The van der Waals surface area contributed by atoms with Gasteiger partial charge in [-0.05, 0) is 43.9 Å². The zero-order valence-electron chi connectivity index (χ0n) is 9.99. The Kier molecular flexibility index (Phi) is 4.37. The lowest BCUT2D eigenvalue weighted by Crippen LogP contribution is -2.21. The van der Waals surface area contributed by atoms with Gasteiger partial charge in [0.1, 0.15) is 0 Å². The molecule has 3 atom stereocenters. The third-order valence-corrected chi connectivity index (χ3v) is 3.67. The van der Waals surface area contributed by atoms with Gasteiger partial charge in [0.25, 0.3) is 0 Å². The van der Waals surface area contributed by atoms with Crippen molar-refractivity contribution in [1.82, 2.24) is 0 Å². The van der Waals surface area contributed by atoms with Crippen LogP contribution in [-0.2, 0) is 4.79 Å². The summed E-state index contributed by atoms with van der Waals surface area (Å²) in [5, 5.41) is 8.75. The summed E-state index contributed by atoms with van der Waals surface area (Å²) in [6.07, 6.45) is 6.68. The van der Waals surface area contributed by atoms with Crippen LogP contribution in [0, 0.1) is 17.8 Å². The molecule has 1 saturated carbocycles. The maximum absolute atomic E-state index is 10.6. The average Bonchev–Trinajstić information content (AvgIpc) is 2.15. The number of carboxylic acid groups (broad SMARTS) is 1. The molecule has 2 heteroatoms. The third-order valence-electron chi connectivity index (χ3n) is 3.67. The van der Waals surface area contributed by atoms with Crippen molar-refractivity contribution in [1.29, 1.82) is 0 Å². The zero-order chi connectivity index (χ0) is 11.4. The van der Waals surface area contributed by atoms with Crippen molar-refractivity contribution in [2.45, 2.75) is 46.5 Å². The fraction of sp³-hybridized carbons (Fsp3) is 0.769. The highest BCUT2D eigenvalue weighted by molar-refractivity contribution is 5.85. The Labute approximate surface area is 92.4 Å². The lowest BCUT2D eigenvalue weighted by molar-refractivity contribution is -0.132. The van der Waals surface area contributed by atoms with Crippen LogP contribution in [0.5, 0.6) is 0 Å². The van der Waals surface area contributed by atoms with Crippen LogP contribution in [0.15, 0.2) is 11.6 Å². The van der Waals surface area contributed by atoms with Crippen molar-refractivity contribution in [3.05, 3.63) is 11.6 Å². The van der Waals surface area contributed by atoms with Gasteiger partial charge in [0, 0.05) is 5.57 Å². The first kappa shape index (κ1) is 12.3. The summed E-state index contributed by atoms with van der Waals surface area (Å²) < 4.78 is 0. The van der Waals surface area contributed by atoms with E-state index in [1.807, 2.05) is 6.08 Å². The van der Waals surface area contributed by atoms with E-state index < -0.39 is 5.97 Å². The summed E-state index contributed by atoms with van der Waals surface area (Å²) in [6, 6.07) is 0. The van der Waals surface area contributed by atoms with E-state index in [1.165, 1.54) is 19.3 Å². The Morgan fingerprint density at radius 2 is 2.07 bits per heavy atom. The molecule has 0 heterocycles. The molecule has 1 rings (SSSR count). The Morgan fingerprint density at radius 1 is 1.40 bits per heavy atom. The van der Waals surface area contributed by atoms with Gasteiger partial charge in [-0.15, -0.1) is 0 Å².